The highest BCUT2D eigenvalue weighted by molar-refractivity contribution is 8.26. The minimum absolute atomic E-state index is 0.159. The predicted octanol–water partition coefficient (Wildman–Crippen LogP) is 3.54. The fourth-order valence-corrected chi connectivity index (χ4v) is 3.30. The molecule has 0 saturated carbocycles. The summed E-state index contributed by atoms with van der Waals surface area (Å²) >= 11 is 6.18. The zero-order valence-electron chi connectivity index (χ0n) is 13.1. The summed E-state index contributed by atoms with van der Waals surface area (Å²) in [4.78, 5) is 23.0. The smallest absolute Gasteiger partial charge is 0.286 e. The van der Waals surface area contributed by atoms with Crippen molar-refractivity contribution in [1.29, 1.82) is 0 Å². The number of phenolic OH excluding ortho intramolecular Hbond substituents is 1. The minimum Gasteiger partial charge on any atom is -0.507 e. The number of benzene rings is 2. The first-order valence-electron chi connectivity index (χ1n) is 7.30. The van der Waals surface area contributed by atoms with Crippen molar-refractivity contribution >= 4 is 52.2 Å². The van der Waals surface area contributed by atoms with Crippen LogP contribution in [0, 0.1) is 10.1 Å². The second-order valence-corrected chi connectivity index (χ2v) is 6.82. The van der Waals surface area contributed by atoms with Crippen molar-refractivity contribution in [3.63, 3.8) is 0 Å². The van der Waals surface area contributed by atoms with Crippen molar-refractivity contribution < 1.29 is 14.8 Å². The number of nitro groups is 1. The van der Waals surface area contributed by atoms with Crippen LogP contribution in [0.2, 0.25) is 0 Å². The van der Waals surface area contributed by atoms with E-state index in [0.29, 0.717) is 0 Å². The molecule has 1 N–H and O–H groups in total. The first-order valence-corrected chi connectivity index (χ1v) is 8.52. The van der Waals surface area contributed by atoms with E-state index in [0.717, 1.165) is 22.3 Å². The molecule has 1 saturated heterocycles. The average molecular weight is 385 g/mol. The van der Waals surface area contributed by atoms with Gasteiger partial charge in [-0.25, -0.2) is 0 Å². The predicted molar refractivity (Wildman–Crippen MR) is 104 cm³/mol. The van der Waals surface area contributed by atoms with Gasteiger partial charge in [0.05, 0.1) is 16.0 Å². The number of nitro benzene ring substituents is 1. The molecule has 1 aliphatic heterocycles. The Bertz CT molecular complexity index is 958. The zero-order chi connectivity index (χ0) is 18.7. The summed E-state index contributed by atoms with van der Waals surface area (Å²) in [5.41, 5.74) is 0.778. The van der Waals surface area contributed by atoms with E-state index >= 15 is 0 Å². The summed E-state index contributed by atoms with van der Waals surface area (Å²) in [5, 5.41) is 25.9. The van der Waals surface area contributed by atoms with E-state index in [-0.39, 0.29) is 26.2 Å². The number of thiocarbonyl (C=S) groups is 1. The lowest BCUT2D eigenvalue weighted by atomic mass is 10.1. The molecule has 1 amide bonds. The quantitative estimate of drug-likeness (QED) is 0.284. The van der Waals surface area contributed by atoms with E-state index in [9.17, 15) is 20.0 Å². The van der Waals surface area contributed by atoms with Gasteiger partial charge in [-0.15, -0.1) is 0 Å². The average Bonchev–Trinajstić information content (AvgIpc) is 2.89. The van der Waals surface area contributed by atoms with Gasteiger partial charge in [0.1, 0.15) is 5.75 Å². The maximum Gasteiger partial charge on any atom is 0.286 e. The summed E-state index contributed by atoms with van der Waals surface area (Å²) < 4.78 is 0.235. The summed E-state index contributed by atoms with van der Waals surface area (Å²) in [7, 11) is 0. The second-order valence-electron chi connectivity index (χ2n) is 5.15. The normalized spacial score (nSPS) is 16.0. The molecule has 0 aliphatic carbocycles. The van der Waals surface area contributed by atoms with Crippen LogP contribution in [0.4, 0.5) is 5.69 Å². The fourth-order valence-electron chi connectivity index (χ4n) is 2.13. The summed E-state index contributed by atoms with van der Waals surface area (Å²) in [6.45, 7) is 0. The second kappa shape index (κ2) is 7.46. The number of nitrogens with zero attached hydrogens (tertiary/aromatic N) is 3. The highest BCUT2D eigenvalue weighted by Gasteiger charge is 2.32. The van der Waals surface area contributed by atoms with Crippen LogP contribution < -0.4 is 0 Å². The lowest BCUT2D eigenvalue weighted by molar-refractivity contribution is -0.384. The van der Waals surface area contributed by atoms with E-state index in [1.807, 2.05) is 30.3 Å². The van der Waals surface area contributed by atoms with Crippen molar-refractivity contribution in [1.82, 2.24) is 5.01 Å². The SMILES string of the molecule is O=C1/C(=C\c2cc([N+](=O)[O-])ccc2O)SC(=S)N1/N=C/c1ccccc1. The van der Waals surface area contributed by atoms with Gasteiger partial charge in [0, 0.05) is 17.7 Å². The molecule has 1 aliphatic rings. The number of rotatable bonds is 4. The maximum atomic E-state index is 12.5. The van der Waals surface area contributed by atoms with E-state index in [1.54, 1.807) is 0 Å². The van der Waals surface area contributed by atoms with E-state index in [1.165, 1.54) is 30.5 Å². The molecule has 3 rings (SSSR count). The number of carbonyl (C=O) groups is 1. The molecular formula is C17H11N3O4S2. The van der Waals surface area contributed by atoms with Gasteiger partial charge in [-0.1, -0.05) is 42.1 Å². The third kappa shape index (κ3) is 3.79. The molecule has 0 bridgehead atoms. The fraction of sp³-hybridized carbons (Fsp3) is 0. The number of hydrazone groups is 1. The van der Waals surface area contributed by atoms with Gasteiger partial charge in [0.15, 0.2) is 4.32 Å². The molecule has 0 aromatic heterocycles. The Morgan fingerprint density at radius 2 is 1.96 bits per heavy atom. The van der Waals surface area contributed by atoms with Crippen LogP contribution >= 0.6 is 24.0 Å². The standard InChI is InChI=1S/C17H11N3O4S2/c21-14-7-6-13(20(23)24)8-12(14)9-15-16(22)19(17(25)26-15)18-10-11-4-2-1-3-5-11/h1-10,21H/b15-9+,18-10+. The summed E-state index contributed by atoms with van der Waals surface area (Å²) in [6, 6.07) is 12.8. The number of carbonyl (C=O) groups excluding carboxylic acids is 1. The number of non-ortho nitro benzene ring substituents is 1. The molecule has 1 heterocycles. The van der Waals surface area contributed by atoms with Gasteiger partial charge in [0.25, 0.3) is 11.6 Å². The Morgan fingerprint density at radius 1 is 1.23 bits per heavy atom. The van der Waals surface area contributed by atoms with Crippen LogP contribution in [-0.4, -0.2) is 31.5 Å². The van der Waals surface area contributed by atoms with Crippen molar-refractivity contribution in [3.8, 4) is 5.75 Å². The Labute approximate surface area is 157 Å². The molecule has 1 fully saturated rings. The van der Waals surface area contributed by atoms with E-state index < -0.39 is 10.8 Å². The summed E-state index contributed by atoms with van der Waals surface area (Å²) in [6.07, 6.45) is 2.87. The molecule has 0 spiro atoms. The monoisotopic (exact) mass is 385 g/mol. The van der Waals surface area contributed by atoms with Gasteiger partial charge in [0.2, 0.25) is 0 Å². The van der Waals surface area contributed by atoms with Gasteiger partial charge in [-0.2, -0.15) is 10.1 Å². The molecular weight excluding hydrogens is 374 g/mol. The molecule has 7 nitrogen and oxygen atoms in total. The Balaban J connectivity index is 1.87. The number of aromatic hydroxyl groups is 1. The van der Waals surface area contributed by atoms with Crippen LogP contribution in [0.25, 0.3) is 6.08 Å². The molecule has 2 aromatic rings. The largest absolute Gasteiger partial charge is 0.507 e. The molecule has 9 heteroatoms. The molecule has 26 heavy (non-hydrogen) atoms. The lowest BCUT2D eigenvalue weighted by Gasteiger charge is -2.06. The number of amides is 1. The van der Waals surface area contributed by atoms with Crippen LogP contribution in [-0.2, 0) is 4.79 Å². The molecule has 0 atom stereocenters. The molecule has 130 valence electrons. The number of hydrogen-bond acceptors (Lipinski definition) is 7. The lowest BCUT2D eigenvalue weighted by Crippen LogP contribution is -2.22. The number of hydrogen-bond donors (Lipinski definition) is 1. The highest BCUT2D eigenvalue weighted by Crippen LogP contribution is 2.35. The van der Waals surface area contributed by atoms with Crippen molar-refractivity contribution in [2.24, 2.45) is 5.10 Å². The molecule has 2 aromatic carbocycles. The van der Waals surface area contributed by atoms with Gasteiger partial charge < -0.3 is 5.11 Å². The molecule has 0 radical (unpaired) electrons. The van der Waals surface area contributed by atoms with E-state index in [4.69, 9.17) is 12.2 Å². The number of thioether (sulfide) groups is 1. The zero-order valence-corrected chi connectivity index (χ0v) is 14.7. The van der Waals surface area contributed by atoms with E-state index in [2.05, 4.69) is 5.10 Å². The Hall–Kier alpha value is -3.04. The van der Waals surface area contributed by atoms with Gasteiger partial charge in [-0.3, -0.25) is 14.9 Å². The third-order valence-electron chi connectivity index (χ3n) is 3.40. The Kier molecular flexibility index (Phi) is 5.10. The van der Waals surface area contributed by atoms with Crippen LogP contribution in [0.3, 0.4) is 0 Å². The molecule has 0 unspecified atom stereocenters. The third-order valence-corrected chi connectivity index (χ3v) is 4.69. The Morgan fingerprint density at radius 3 is 2.65 bits per heavy atom. The highest BCUT2D eigenvalue weighted by atomic mass is 32.2. The van der Waals surface area contributed by atoms with Crippen LogP contribution in [0.1, 0.15) is 11.1 Å². The number of phenols is 1. The van der Waals surface area contributed by atoms with Gasteiger partial charge >= 0.3 is 0 Å². The van der Waals surface area contributed by atoms with Crippen LogP contribution in [0.15, 0.2) is 58.5 Å². The first-order chi connectivity index (χ1) is 12.5. The summed E-state index contributed by atoms with van der Waals surface area (Å²) in [5.74, 6) is -0.633. The van der Waals surface area contributed by atoms with Crippen LogP contribution in [0.5, 0.6) is 5.75 Å². The van der Waals surface area contributed by atoms with Gasteiger partial charge in [-0.05, 0) is 29.9 Å². The van der Waals surface area contributed by atoms with Crippen molar-refractivity contribution in [2.75, 3.05) is 0 Å². The van der Waals surface area contributed by atoms with Crippen molar-refractivity contribution in [3.05, 3.63) is 74.7 Å². The topological polar surface area (TPSA) is 96.0 Å². The maximum absolute atomic E-state index is 12.5. The minimum atomic E-state index is -0.577. The van der Waals surface area contributed by atoms with Crippen molar-refractivity contribution in [2.45, 2.75) is 0 Å². The first kappa shape index (κ1) is 17.8.